The van der Waals surface area contributed by atoms with Crippen LogP contribution < -0.4 is 0 Å². The van der Waals surface area contributed by atoms with Gasteiger partial charge >= 0.3 is 0 Å². The number of rotatable bonds is 3. The molecule has 2 aliphatic heterocycles. The summed E-state index contributed by atoms with van der Waals surface area (Å²) in [6.07, 6.45) is 5.45. The molecule has 2 fully saturated rings. The van der Waals surface area contributed by atoms with Gasteiger partial charge in [0.1, 0.15) is 18.7 Å². The van der Waals surface area contributed by atoms with Gasteiger partial charge in [-0.2, -0.15) is 0 Å². The predicted octanol–water partition coefficient (Wildman–Crippen LogP) is 1.75. The molecule has 0 saturated carbocycles. The van der Waals surface area contributed by atoms with Crippen molar-refractivity contribution in [3.63, 3.8) is 0 Å². The lowest BCUT2D eigenvalue weighted by Crippen LogP contribution is -2.47. The second-order valence-corrected chi connectivity index (χ2v) is 6.41. The Morgan fingerprint density at radius 1 is 1.17 bits per heavy atom. The zero-order valence-electron chi connectivity index (χ0n) is 12.7. The first-order valence-corrected chi connectivity index (χ1v) is 7.98. The Morgan fingerprint density at radius 2 is 1.87 bits per heavy atom. The molecule has 2 atom stereocenters. The van der Waals surface area contributed by atoms with E-state index in [0.29, 0.717) is 5.92 Å². The van der Waals surface area contributed by atoms with Gasteiger partial charge in [0.05, 0.1) is 0 Å². The van der Waals surface area contributed by atoms with Crippen LogP contribution in [0.4, 0.5) is 4.39 Å². The Hall–Kier alpha value is -2.31. The highest BCUT2D eigenvalue weighted by Crippen LogP contribution is 2.43. The lowest BCUT2D eigenvalue weighted by Gasteiger charge is -2.39. The van der Waals surface area contributed by atoms with Gasteiger partial charge in [-0.1, -0.05) is 12.1 Å². The van der Waals surface area contributed by atoms with E-state index in [0.717, 1.165) is 25.7 Å². The average Bonchev–Trinajstić information content (AvgIpc) is 3.14. The third kappa shape index (κ3) is 2.71. The van der Waals surface area contributed by atoms with Gasteiger partial charge in [-0.3, -0.25) is 4.79 Å². The van der Waals surface area contributed by atoms with Crippen LogP contribution in [0.25, 0.3) is 0 Å². The standard InChI is InChI=1S/C16H18FN5O/c17-13-3-1-11(2-4-13)12-7-14-5-6-15(8-12)22(14)16(23)9-21-10-18-19-20-21/h1-4,10,12,14-15H,5-9H2. The summed E-state index contributed by atoms with van der Waals surface area (Å²) in [6, 6.07) is 7.33. The lowest BCUT2D eigenvalue weighted by atomic mass is 9.85. The highest BCUT2D eigenvalue weighted by atomic mass is 19.1. The summed E-state index contributed by atoms with van der Waals surface area (Å²) in [5, 5.41) is 10.9. The van der Waals surface area contributed by atoms with Crippen molar-refractivity contribution in [3.05, 3.63) is 42.0 Å². The zero-order chi connectivity index (χ0) is 15.8. The fraction of sp³-hybridized carbons (Fsp3) is 0.500. The number of carbonyl (C=O) groups excluding carboxylic acids is 1. The molecule has 2 bridgehead atoms. The van der Waals surface area contributed by atoms with Crippen molar-refractivity contribution in [2.45, 2.75) is 50.2 Å². The number of amides is 1. The number of hydrogen-bond acceptors (Lipinski definition) is 4. The van der Waals surface area contributed by atoms with E-state index < -0.39 is 0 Å². The predicted molar refractivity (Wildman–Crippen MR) is 79.8 cm³/mol. The van der Waals surface area contributed by atoms with E-state index in [-0.39, 0.29) is 30.4 Å². The molecule has 4 rings (SSSR count). The highest BCUT2D eigenvalue weighted by Gasteiger charge is 2.43. The van der Waals surface area contributed by atoms with Crippen LogP contribution in [-0.2, 0) is 11.3 Å². The Balaban J connectivity index is 1.47. The van der Waals surface area contributed by atoms with Crippen LogP contribution in [0.5, 0.6) is 0 Å². The number of piperidine rings is 1. The van der Waals surface area contributed by atoms with Gasteiger partial charge in [0.25, 0.3) is 0 Å². The Kier molecular flexibility index (Phi) is 3.55. The highest BCUT2D eigenvalue weighted by molar-refractivity contribution is 5.77. The van der Waals surface area contributed by atoms with Crippen LogP contribution in [0.2, 0.25) is 0 Å². The molecule has 1 amide bonds. The van der Waals surface area contributed by atoms with Crippen LogP contribution in [0.1, 0.15) is 37.2 Å². The van der Waals surface area contributed by atoms with E-state index in [1.165, 1.54) is 28.7 Å². The largest absolute Gasteiger partial charge is 0.335 e. The Bertz CT molecular complexity index is 673. The summed E-state index contributed by atoms with van der Waals surface area (Å²) >= 11 is 0. The maximum absolute atomic E-state index is 13.1. The number of carbonyl (C=O) groups is 1. The number of tetrazole rings is 1. The summed E-state index contributed by atoms with van der Waals surface area (Å²) < 4.78 is 14.6. The third-order valence-corrected chi connectivity index (χ3v) is 5.05. The molecule has 1 aromatic carbocycles. The molecule has 0 spiro atoms. The summed E-state index contributed by atoms with van der Waals surface area (Å²) in [5.41, 5.74) is 1.18. The van der Waals surface area contributed by atoms with E-state index in [1.54, 1.807) is 0 Å². The lowest BCUT2D eigenvalue weighted by molar-refractivity contribution is -0.136. The van der Waals surface area contributed by atoms with Gasteiger partial charge in [-0.15, -0.1) is 5.10 Å². The zero-order valence-corrected chi connectivity index (χ0v) is 12.7. The van der Waals surface area contributed by atoms with E-state index in [2.05, 4.69) is 15.5 Å². The van der Waals surface area contributed by atoms with Gasteiger partial charge in [-0.05, 0) is 59.7 Å². The topological polar surface area (TPSA) is 63.9 Å². The number of nitrogens with zero attached hydrogens (tertiary/aromatic N) is 5. The molecule has 2 aromatic rings. The second kappa shape index (κ2) is 5.72. The maximum Gasteiger partial charge on any atom is 0.244 e. The molecule has 3 heterocycles. The molecule has 120 valence electrons. The van der Waals surface area contributed by atoms with Crippen molar-refractivity contribution in [1.29, 1.82) is 0 Å². The number of fused-ring (bicyclic) bond motifs is 2. The molecular formula is C16H18FN5O. The number of hydrogen-bond donors (Lipinski definition) is 0. The Labute approximate surface area is 133 Å². The minimum Gasteiger partial charge on any atom is -0.335 e. The normalized spacial score (nSPS) is 26.5. The molecule has 2 unspecified atom stereocenters. The van der Waals surface area contributed by atoms with Crippen LogP contribution in [-0.4, -0.2) is 43.1 Å². The Morgan fingerprint density at radius 3 is 2.48 bits per heavy atom. The molecule has 2 saturated heterocycles. The van der Waals surface area contributed by atoms with Crippen molar-refractivity contribution >= 4 is 5.91 Å². The van der Waals surface area contributed by atoms with Gasteiger partial charge in [-0.25, -0.2) is 9.07 Å². The van der Waals surface area contributed by atoms with Crippen molar-refractivity contribution in [1.82, 2.24) is 25.1 Å². The number of halogens is 1. The first-order chi connectivity index (χ1) is 11.2. The number of aromatic nitrogens is 4. The van der Waals surface area contributed by atoms with Gasteiger partial charge < -0.3 is 4.90 Å². The summed E-state index contributed by atoms with van der Waals surface area (Å²) in [4.78, 5) is 14.6. The fourth-order valence-corrected chi connectivity index (χ4v) is 4.06. The van der Waals surface area contributed by atoms with Crippen molar-refractivity contribution < 1.29 is 9.18 Å². The van der Waals surface area contributed by atoms with E-state index in [9.17, 15) is 9.18 Å². The number of benzene rings is 1. The first kappa shape index (κ1) is 14.3. The van der Waals surface area contributed by atoms with Crippen molar-refractivity contribution in [2.75, 3.05) is 0 Å². The van der Waals surface area contributed by atoms with E-state index in [4.69, 9.17) is 0 Å². The molecule has 2 aliphatic rings. The quantitative estimate of drug-likeness (QED) is 0.865. The molecular weight excluding hydrogens is 297 g/mol. The summed E-state index contributed by atoms with van der Waals surface area (Å²) in [6.45, 7) is 0.196. The van der Waals surface area contributed by atoms with Crippen LogP contribution in [0.15, 0.2) is 30.6 Å². The molecule has 7 heteroatoms. The molecule has 0 radical (unpaired) electrons. The molecule has 6 nitrogen and oxygen atoms in total. The minimum atomic E-state index is -0.203. The van der Waals surface area contributed by atoms with Gasteiger partial charge in [0, 0.05) is 12.1 Å². The van der Waals surface area contributed by atoms with E-state index >= 15 is 0 Å². The van der Waals surface area contributed by atoms with Gasteiger partial charge in [0.2, 0.25) is 5.91 Å². The van der Waals surface area contributed by atoms with Crippen LogP contribution in [0.3, 0.4) is 0 Å². The van der Waals surface area contributed by atoms with Crippen LogP contribution >= 0.6 is 0 Å². The van der Waals surface area contributed by atoms with Crippen molar-refractivity contribution in [2.24, 2.45) is 0 Å². The molecule has 23 heavy (non-hydrogen) atoms. The molecule has 0 aliphatic carbocycles. The van der Waals surface area contributed by atoms with Crippen LogP contribution in [0, 0.1) is 5.82 Å². The summed E-state index contributed by atoms with van der Waals surface area (Å²) in [7, 11) is 0. The third-order valence-electron chi connectivity index (χ3n) is 5.05. The SMILES string of the molecule is O=C(Cn1cnnn1)N1C2CCC1CC(c1ccc(F)cc1)C2. The average molecular weight is 315 g/mol. The van der Waals surface area contributed by atoms with E-state index in [1.807, 2.05) is 17.0 Å². The van der Waals surface area contributed by atoms with Gasteiger partial charge in [0.15, 0.2) is 0 Å². The first-order valence-electron chi connectivity index (χ1n) is 7.98. The summed E-state index contributed by atoms with van der Waals surface area (Å²) in [5.74, 6) is 0.290. The fourth-order valence-electron chi connectivity index (χ4n) is 4.06. The van der Waals surface area contributed by atoms with Crippen molar-refractivity contribution in [3.8, 4) is 0 Å². The smallest absolute Gasteiger partial charge is 0.244 e. The molecule has 1 aromatic heterocycles. The second-order valence-electron chi connectivity index (χ2n) is 6.41. The monoisotopic (exact) mass is 315 g/mol. The maximum atomic E-state index is 13.1. The molecule has 0 N–H and O–H groups in total. The minimum absolute atomic E-state index is 0.0855.